The normalized spacial score (nSPS) is 20.1. The van der Waals surface area contributed by atoms with Crippen LogP contribution >= 0.6 is 0 Å². The molecule has 1 fully saturated rings. The van der Waals surface area contributed by atoms with Gasteiger partial charge >= 0.3 is 0 Å². The van der Waals surface area contributed by atoms with Crippen molar-refractivity contribution in [2.24, 2.45) is 0 Å². The first-order valence-corrected chi connectivity index (χ1v) is 6.05. The second-order valence-corrected chi connectivity index (χ2v) is 4.22. The summed E-state index contributed by atoms with van der Waals surface area (Å²) in [6, 6.07) is 0. The molecular formula is C12H24N2O. The van der Waals surface area contributed by atoms with Crippen molar-refractivity contribution in [1.82, 2.24) is 10.2 Å². The van der Waals surface area contributed by atoms with Crippen LogP contribution in [0.1, 0.15) is 26.2 Å². The molecule has 1 aliphatic rings. The number of hydrogen-bond donors (Lipinski definition) is 2. The molecule has 0 saturated carbocycles. The van der Waals surface area contributed by atoms with Gasteiger partial charge in [0.05, 0.1) is 6.10 Å². The first kappa shape index (κ1) is 12.7. The molecule has 1 aliphatic heterocycles. The zero-order valence-electron chi connectivity index (χ0n) is 9.78. The lowest BCUT2D eigenvalue weighted by atomic mass is 10.3. The number of nitrogens with zero attached hydrogens (tertiary/aromatic N) is 1. The van der Waals surface area contributed by atoms with Gasteiger partial charge < -0.3 is 15.3 Å². The second kappa shape index (κ2) is 7.85. The lowest BCUT2D eigenvalue weighted by Gasteiger charge is -2.19. The molecule has 1 saturated heterocycles. The molecule has 0 spiro atoms. The van der Waals surface area contributed by atoms with Crippen molar-refractivity contribution >= 4 is 0 Å². The molecule has 0 aromatic rings. The Morgan fingerprint density at radius 2 is 2.13 bits per heavy atom. The van der Waals surface area contributed by atoms with Crippen LogP contribution in [0.2, 0.25) is 0 Å². The van der Waals surface area contributed by atoms with Gasteiger partial charge in [0.25, 0.3) is 0 Å². The largest absolute Gasteiger partial charge is 0.390 e. The molecule has 1 atom stereocenters. The maximum absolute atomic E-state index is 9.74. The van der Waals surface area contributed by atoms with Crippen molar-refractivity contribution < 1.29 is 5.11 Å². The van der Waals surface area contributed by atoms with Gasteiger partial charge in [-0.1, -0.05) is 12.2 Å². The first-order valence-electron chi connectivity index (χ1n) is 6.05. The third-order valence-corrected chi connectivity index (χ3v) is 2.77. The van der Waals surface area contributed by atoms with Crippen LogP contribution in [-0.4, -0.2) is 48.8 Å². The summed E-state index contributed by atoms with van der Waals surface area (Å²) < 4.78 is 0. The Balaban J connectivity index is 1.95. The fraction of sp³-hybridized carbons (Fsp3) is 0.833. The highest BCUT2D eigenvalue weighted by Gasteiger charge is 2.14. The second-order valence-electron chi connectivity index (χ2n) is 4.22. The fourth-order valence-corrected chi connectivity index (χ4v) is 1.95. The molecule has 3 nitrogen and oxygen atoms in total. The van der Waals surface area contributed by atoms with E-state index in [2.05, 4.69) is 22.4 Å². The molecule has 0 amide bonds. The number of hydrogen-bond acceptors (Lipinski definition) is 3. The summed E-state index contributed by atoms with van der Waals surface area (Å²) in [5, 5.41) is 13.0. The molecule has 0 radical (unpaired) electrons. The summed E-state index contributed by atoms with van der Waals surface area (Å²) in [4.78, 5) is 2.35. The minimum absolute atomic E-state index is 0.214. The van der Waals surface area contributed by atoms with Crippen LogP contribution in [0.25, 0.3) is 0 Å². The summed E-state index contributed by atoms with van der Waals surface area (Å²) in [5.74, 6) is 0. The molecule has 1 unspecified atom stereocenters. The zero-order chi connectivity index (χ0) is 10.9. The van der Waals surface area contributed by atoms with E-state index in [1.54, 1.807) is 0 Å². The van der Waals surface area contributed by atoms with Gasteiger partial charge in [-0.05, 0) is 45.8 Å². The molecule has 0 aromatic heterocycles. The number of allylic oxidation sites excluding steroid dienone is 1. The molecule has 0 aliphatic carbocycles. The first-order chi connectivity index (χ1) is 7.33. The predicted molar refractivity (Wildman–Crippen MR) is 64.0 cm³/mol. The number of aliphatic hydroxyl groups excluding tert-OH is 1. The van der Waals surface area contributed by atoms with E-state index in [1.165, 1.54) is 12.8 Å². The van der Waals surface area contributed by atoms with Gasteiger partial charge in [0.1, 0.15) is 0 Å². The van der Waals surface area contributed by atoms with Crippen LogP contribution in [0.5, 0.6) is 0 Å². The van der Waals surface area contributed by atoms with Gasteiger partial charge in [0, 0.05) is 13.1 Å². The standard InChI is InChI=1S/C12H24N2O/c1-2-3-4-7-13-10-12(15)11-14-8-5-6-9-14/h2-3,12-13,15H,4-11H2,1H3/b3-2+. The van der Waals surface area contributed by atoms with Gasteiger partial charge in [0.15, 0.2) is 0 Å². The summed E-state index contributed by atoms with van der Waals surface area (Å²) >= 11 is 0. The number of nitrogens with one attached hydrogen (secondary N) is 1. The Labute approximate surface area is 93.2 Å². The van der Waals surface area contributed by atoms with Crippen molar-refractivity contribution in [2.45, 2.75) is 32.3 Å². The van der Waals surface area contributed by atoms with Crippen LogP contribution in [0.4, 0.5) is 0 Å². The Morgan fingerprint density at radius 3 is 2.80 bits per heavy atom. The average Bonchev–Trinajstić information content (AvgIpc) is 2.70. The number of likely N-dealkylation sites (tertiary alicyclic amines) is 1. The van der Waals surface area contributed by atoms with Gasteiger partial charge in [-0.2, -0.15) is 0 Å². The third kappa shape index (κ3) is 5.92. The SMILES string of the molecule is C/C=C/CCNCC(O)CN1CCCC1. The van der Waals surface area contributed by atoms with E-state index >= 15 is 0 Å². The van der Waals surface area contributed by atoms with Crippen LogP contribution < -0.4 is 5.32 Å². The number of rotatable bonds is 7. The number of aliphatic hydroxyl groups is 1. The zero-order valence-corrected chi connectivity index (χ0v) is 9.78. The van der Waals surface area contributed by atoms with Crippen molar-refractivity contribution in [1.29, 1.82) is 0 Å². The third-order valence-electron chi connectivity index (χ3n) is 2.77. The highest BCUT2D eigenvalue weighted by Crippen LogP contribution is 2.07. The van der Waals surface area contributed by atoms with Gasteiger partial charge in [-0.15, -0.1) is 0 Å². The Hall–Kier alpha value is -0.380. The molecular weight excluding hydrogens is 188 g/mol. The predicted octanol–water partition coefficient (Wildman–Crippen LogP) is 0.999. The summed E-state index contributed by atoms with van der Waals surface area (Å²) in [6.45, 7) is 6.86. The van der Waals surface area contributed by atoms with E-state index in [1.807, 2.05) is 6.92 Å². The lowest BCUT2D eigenvalue weighted by molar-refractivity contribution is 0.124. The van der Waals surface area contributed by atoms with Gasteiger partial charge in [0.2, 0.25) is 0 Å². The lowest BCUT2D eigenvalue weighted by Crippen LogP contribution is -2.37. The van der Waals surface area contributed by atoms with Crippen molar-refractivity contribution in [3.63, 3.8) is 0 Å². The van der Waals surface area contributed by atoms with Crippen LogP contribution in [0, 0.1) is 0 Å². The summed E-state index contributed by atoms with van der Waals surface area (Å²) in [6.07, 6.45) is 7.62. The minimum Gasteiger partial charge on any atom is -0.390 e. The van der Waals surface area contributed by atoms with Gasteiger partial charge in [-0.25, -0.2) is 0 Å². The van der Waals surface area contributed by atoms with E-state index in [0.29, 0.717) is 6.54 Å². The van der Waals surface area contributed by atoms with E-state index in [9.17, 15) is 5.11 Å². The fourth-order valence-electron chi connectivity index (χ4n) is 1.95. The van der Waals surface area contributed by atoms with Crippen LogP contribution in [0.15, 0.2) is 12.2 Å². The minimum atomic E-state index is -0.214. The van der Waals surface area contributed by atoms with Crippen molar-refractivity contribution in [2.75, 3.05) is 32.7 Å². The molecule has 15 heavy (non-hydrogen) atoms. The molecule has 3 heteroatoms. The van der Waals surface area contributed by atoms with Crippen LogP contribution in [-0.2, 0) is 0 Å². The molecule has 1 rings (SSSR count). The Kier molecular flexibility index (Phi) is 6.64. The molecule has 88 valence electrons. The van der Waals surface area contributed by atoms with Crippen LogP contribution in [0.3, 0.4) is 0 Å². The maximum atomic E-state index is 9.74. The quantitative estimate of drug-likeness (QED) is 0.488. The van der Waals surface area contributed by atoms with Gasteiger partial charge in [-0.3, -0.25) is 0 Å². The Morgan fingerprint density at radius 1 is 1.40 bits per heavy atom. The summed E-state index contributed by atoms with van der Waals surface area (Å²) in [7, 11) is 0. The molecule has 0 bridgehead atoms. The summed E-state index contributed by atoms with van der Waals surface area (Å²) in [5.41, 5.74) is 0. The highest BCUT2D eigenvalue weighted by molar-refractivity contribution is 4.78. The monoisotopic (exact) mass is 212 g/mol. The maximum Gasteiger partial charge on any atom is 0.0791 e. The van der Waals surface area contributed by atoms with Crippen molar-refractivity contribution in [3.05, 3.63) is 12.2 Å². The van der Waals surface area contributed by atoms with E-state index in [0.717, 1.165) is 32.6 Å². The van der Waals surface area contributed by atoms with E-state index in [4.69, 9.17) is 0 Å². The molecule has 0 aromatic carbocycles. The van der Waals surface area contributed by atoms with E-state index in [-0.39, 0.29) is 6.10 Å². The van der Waals surface area contributed by atoms with E-state index < -0.39 is 0 Å². The Bertz CT molecular complexity index is 176. The number of β-amino-alcohol motifs (C(OH)–C–C–N with tert-alkyl or cyclic N) is 1. The average molecular weight is 212 g/mol. The smallest absolute Gasteiger partial charge is 0.0791 e. The topological polar surface area (TPSA) is 35.5 Å². The van der Waals surface area contributed by atoms with Crippen molar-refractivity contribution in [3.8, 4) is 0 Å². The molecule has 1 heterocycles. The molecule has 2 N–H and O–H groups in total. The highest BCUT2D eigenvalue weighted by atomic mass is 16.3.